The number of primary amides is 1. The van der Waals surface area contributed by atoms with E-state index in [0.717, 1.165) is 0 Å². The van der Waals surface area contributed by atoms with Crippen molar-refractivity contribution in [2.24, 2.45) is 5.73 Å². The van der Waals surface area contributed by atoms with E-state index in [9.17, 15) is 14.4 Å². The lowest BCUT2D eigenvalue weighted by molar-refractivity contribution is -0.136. The van der Waals surface area contributed by atoms with E-state index >= 15 is 0 Å². The van der Waals surface area contributed by atoms with E-state index in [2.05, 4.69) is 10.1 Å². The van der Waals surface area contributed by atoms with Gasteiger partial charge in [-0.15, -0.1) is 0 Å². The van der Waals surface area contributed by atoms with Crippen LogP contribution in [0.2, 0.25) is 5.02 Å². The van der Waals surface area contributed by atoms with Crippen LogP contribution in [0, 0.1) is 0 Å². The number of amides is 2. The number of aliphatic hydroxyl groups is 1. The molecule has 0 radical (unpaired) electrons. The first-order valence-corrected chi connectivity index (χ1v) is 7.34. The van der Waals surface area contributed by atoms with Gasteiger partial charge in [0.05, 0.1) is 37.1 Å². The summed E-state index contributed by atoms with van der Waals surface area (Å²) in [7, 11) is 1.20. The zero-order chi connectivity index (χ0) is 17.9. The van der Waals surface area contributed by atoms with E-state index in [1.54, 1.807) is 0 Å². The highest BCUT2D eigenvalue weighted by molar-refractivity contribution is 6.31. The lowest BCUT2D eigenvalue weighted by Gasteiger charge is -2.15. The van der Waals surface area contributed by atoms with Crippen LogP contribution in [0.1, 0.15) is 10.4 Å². The van der Waals surface area contributed by atoms with E-state index in [1.165, 1.54) is 30.2 Å². The second-order valence-electron chi connectivity index (χ2n) is 4.97. The van der Waals surface area contributed by atoms with Crippen LogP contribution in [0.3, 0.4) is 0 Å². The zero-order valence-corrected chi connectivity index (χ0v) is 13.6. The molecule has 0 bridgehead atoms. The quantitative estimate of drug-likeness (QED) is 0.624. The molecular weight excluding hydrogens is 338 g/mol. The first-order chi connectivity index (χ1) is 11.4. The summed E-state index contributed by atoms with van der Waals surface area (Å²) in [5, 5.41) is 12.1. The Hall–Kier alpha value is -2.58. The third-order valence-electron chi connectivity index (χ3n) is 3.46. The molecule has 9 heteroatoms. The number of rotatable bonds is 6. The van der Waals surface area contributed by atoms with Crippen LogP contribution in [0.5, 0.6) is 0 Å². The maximum atomic E-state index is 12.4. The van der Waals surface area contributed by atoms with Crippen LogP contribution in [0.15, 0.2) is 29.5 Å². The van der Waals surface area contributed by atoms with Gasteiger partial charge >= 0.3 is 5.97 Å². The van der Waals surface area contributed by atoms with Gasteiger partial charge in [0.2, 0.25) is 0 Å². The molecule has 1 aromatic carbocycles. The Morgan fingerprint density at radius 1 is 1.46 bits per heavy atom. The van der Waals surface area contributed by atoms with Gasteiger partial charge in [0.25, 0.3) is 11.8 Å². The van der Waals surface area contributed by atoms with Crippen LogP contribution in [0.4, 0.5) is 5.69 Å². The third kappa shape index (κ3) is 3.50. The normalized spacial score (nSPS) is 14.1. The predicted molar refractivity (Wildman–Crippen MR) is 86.3 cm³/mol. The van der Waals surface area contributed by atoms with Gasteiger partial charge in [0, 0.05) is 11.6 Å². The molecule has 0 unspecified atom stereocenters. The van der Waals surface area contributed by atoms with E-state index in [0.29, 0.717) is 5.02 Å². The second kappa shape index (κ2) is 7.33. The van der Waals surface area contributed by atoms with Crippen molar-refractivity contribution in [2.45, 2.75) is 0 Å². The number of methoxy groups -OCH3 is 1. The molecule has 2 rings (SSSR count). The highest BCUT2D eigenvalue weighted by Crippen LogP contribution is 2.26. The summed E-state index contributed by atoms with van der Waals surface area (Å²) in [6.07, 6.45) is 0. The fraction of sp³-hybridized carbons (Fsp3) is 0.267. The molecule has 24 heavy (non-hydrogen) atoms. The number of aliphatic hydroxyl groups excluding tert-OH is 1. The van der Waals surface area contributed by atoms with Gasteiger partial charge in [-0.2, -0.15) is 0 Å². The van der Waals surface area contributed by atoms with E-state index in [1.807, 2.05) is 0 Å². The summed E-state index contributed by atoms with van der Waals surface area (Å²) in [5.41, 5.74) is 5.70. The van der Waals surface area contributed by atoms with Gasteiger partial charge in [-0.1, -0.05) is 11.6 Å². The number of hydrogen-bond acceptors (Lipinski definition) is 6. The van der Waals surface area contributed by atoms with Gasteiger partial charge in [-0.25, -0.2) is 4.79 Å². The van der Waals surface area contributed by atoms with E-state index < -0.39 is 17.8 Å². The number of anilines is 1. The molecule has 4 N–H and O–H groups in total. The van der Waals surface area contributed by atoms with Crippen LogP contribution in [-0.2, 0) is 14.3 Å². The summed E-state index contributed by atoms with van der Waals surface area (Å²) < 4.78 is 4.68. The minimum Gasteiger partial charge on any atom is -0.466 e. The van der Waals surface area contributed by atoms with Crippen molar-refractivity contribution >= 4 is 35.1 Å². The summed E-state index contributed by atoms with van der Waals surface area (Å²) in [4.78, 5) is 37.2. The van der Waals surface area contributed by atoms with Crippen molar-refractivity contribution in [1.82, 2.24) is 4.90 Å². The fourth-order valence-corrected chi connectivity index (χ4v) is 2.49. The molecule has 2 amide bonds. The van der Waals surface area contributed by atoms with Gasteiger partial charge in [-0.3, -0.25) is 9.59 Å². The lowest BCUT2D eigenvalue weighted by atomic mass is 10.1. The van der Waals surface area contributed by atoms with Crippen molar-refractivity contribution in [3.63, 3.8) is 0 Å². The molecule has 1 aliphatic rings. The SMILES string of the molecule is COC(=O)C1=C(Nc2ccc(Cl)cc2C(N)=O)C(=O)N(CCO)C1. The largest absolute Gasteiger partial charge is 0.466 e. The van der Waals surface area contributed by atoms with Crippen molar-refractivity contribution in [1.29, 1.82) is 0 Å². The number of β-amino-alcohol motifs (C(OH)–C–C–N with tert-alkyl or cyclic N) is 1. The Kier molecular flexibility index (Phi) is 5.42. The molecule has 1 heterocycles. The van der Waals surface area contributed by atoms with Crippen molar-refractivity contribution in [2.75, 3.05) is 32.1 Å². The Morgan fingerprint density at radius 2 is 2.17 bits per heavy atom. The summed E-state index contributed by atoms with van der Waals surface area (Å²) in [6.45, 7) is -0.192. The number of carbonyl (C=O) groups excluding carboxylic acids is 3. The second-order valence-corrected chi connectivity index (χ2v) is 5.41. The van der Waals surface area contributed by atoms with E-state index in [4.69, 9.17) is 22.4 Å². The maximum absolute atomic E-state index is 12.4. The van der Waals surface area contributed by atoms with Gasteiger partial charge in [0.1, 0.15) is 5.70 Å². The molecule has 0 aromatic heterocycles. The number of nitrogens with two attached hydrogens (primary N) is 1. The predicted octanol–water partition coefficient (Wildman–Crippen LogP) is 0.112. The Balaban J connectivity index is 2.43. The summed E-state index contributed by atoms with van der Waals surface area (Å²) in [6, 6.07) is 4.35. The average molecular weight is 354 g/mol. The third-order valence-corrected chi connectivity index (χ3v) is 3.70. The summed E-state index contributed by atoms with van der Waals surface area (Å²) >= 11 is 5.85. The van der Waals surface area contributed by atoms with Crippen LogP contribution < -0.4 is 11.1 Å². The van der Waals surface area contributed by atoms with Crippen LogP contribution in [0.25, 0.3) is 0 Å². The fourth-order valence-electron chi connectivity index (χ4n) is 2.31. The van der Waals surface area contributed by atoms with Crippen LogP contribution in [-0.4, -0.2) is 54.6 Å². The first kappa shape index (κ1) is 17.8. The number of nitrogens with zero attached hydrogens (tertiary/aromatic N) is 1. The molecule has 128 valence electrons. The Labute approximate surface area is 142 Å². The molecule has 0 saturated heterocycles. The molecule has 0 atom stereocenters. The van der Waals surface area contributed by atoms with Crippen molar-refractivity contribution in [3.05, 3.63) is 40.1 Å². The van der Waals surface area contributed by atoms with Crippen molar-refractivity contribution < 1.29 is 24.2 Å². The average Bonchev–Trinajstić information content (AvgIpc) is 2.85. The first-order valence-electron chi connectivity index (χ1n) is 6.97. The molecule has 0 aliphatic carbocycles. The molecule has 1 aliphatic heterocycles. The number of halogens is 1. The van der Waals surface area contributed by atoms with E-state index in [-0.39, 0.29) is 42.2 Å². The zero-order valence-electron chi connectivity index (χ0n) is 12.8. The number of hydrogen-bond donors (Lipinski definition) is 3. The van der Waals surface area contributed by atoms with Crippen LogP contribution >= 0.6 is 11.6 Å². The lowest BCUT2D eigenvalue weighted by Crippen LogP contribution is -2.31. The minimum absolute atomic E-state index is 0.00606. The number of esters is 1. The Morgan fingerprint density at radius 3 is 2.75 bits per heavy atom. The minimum atomic E-state index is -0.738. The summed E-state index contributed by atoms with van der Waals surface area (Å²) in [5.74, 6) is -1.91. The molecule has 0 saturated carbocycles. The highest BCUT2D eigenvalue weighted by Gasteiger charge is 2.34. The maximum Gasteiger partial charge on any atom is 0.337 e. The molecule has 0 fully saturated rings. The topological polar surface area (TPSA) is 122 Å². The smallest absolute Gasteiger partial charge is 0.337 e. The standard InChI is InChI=1S/C15H16ClN3O5/c1-24-15(23)10-7-19(4-5-20)14(22)12(10)18-11-3-2-8(16)6-9(11)13(17)21/h2-3,6,18,20H,4-5,7H2,1H3,(H2,17,21). The number of ether oxygens (including phenoxy) is 1. The number of benzene rings is 1. The number of carbonyl (C=O) groups is 3. The van der Waals surface area contributed by atoms with Crippen molar-refractivity contribution in [3.8, 4) is 0 Å². The molecule has 0 spiro atoms. The monoisotopic (exact) mass is 353 g/mol. The molecule has 8 nitrogen and oxygen atoms in total. The van der Waals surface area contributed by atoms with Gasteiger partial charge in [-0.05, 0) is 18.2 Å². The number of nitrogens with one attached hydrogen (secondary N) is 1. The van der Waals surface area contributed by atoms with Gasteiger partial charge in [0.15, 0.2) is 0 Å². The molecule has 1 aromatic rings. The molecular formula is C15H16ClN3O5. The van der Waals surface area contributed by atoms with Gasteiger partial charge < -0.3 is 25.8 Å². The Bertz CT molecular complexity index is 732. The highest BCUT2D eigenvalue weighted by atomic mass is 35.5.